The van der Waals surface area contributed by atoms with Gasteiger partial charge in [-0.1, -0.05) is 25.4 Å². The van der Waals surface area contributed by atoms with E-state index in [4.69, 9.17) is 16.3 Å². The van der Waals surface area contributed by atoms with Crippen molar-refractivity contribution in [2.75, 3.05) is 13.2 Å². The number of sulfonamides is 1. The van der Waals surface area contributed by atoms with Gasteiger partial charge < -0.3 is 4.74 Å². The van der Waals surface area contributed by atoms with Crippen LogP contribution in [-0.2, 0) is 10.0 Å². The van der Waals surface area contributed by atoms with Crippen molar-refractivity contribution in [3.05, 3.63) is 29.4 Å². The molecular formula is C14H17ClN2O3S. The van der Waals surface area contributed by atoms with E-state index >= 15 is 0 Å². The molecule has 0 atom stereocenters. The Hall–Kier alpha value is -1.37. The second-order valence-corrected chi connectivity index (χ2v) is 6.56. The number of nitrogens with one attached hydrogen (secondary N) is 1. The number of fused-ring (bicyclic) bond motifs is 1. The largest absolute Gasteiger partial charge is 0.491 e. The monoisotopic (exact) mass is 328 g/mol. The smallest absolute Gasteiger partial charge is 0.241 e. The van der Waals surface area contributed by atoms with Crippen molar-refractivity contribution in [2.24, 2.45) is 0 Å². The maximum atomic E-state index is 12.2. The van der Waals surface area contributed by atoms with Gasteiger partial charge in [-0.25, -0.2) is 18.1 Å². The van der Waals surface area contributed by atoms with Crippen molar-refractivity contribution < 1.29 is 13.2 Å². The number of halogens is 1. The Morgan fingerprint density at radius 2 is 2.00 bits per heavy atom. The predicted octanol–water partition coefficient (Wildman–Crippen LogP) is 2.98. The van der Waals surface area contributed by atoms with Crippen LogP contribution in [0.5, 0.6) is 5.75 Å². The van der Waals surface area contributed by atoms with Crippen LogP contribution in [0.2, 0.25) is 5.15 Å². The molecule has 7 heteroatoms. The van der Waals surface area contributed by atoms with Gasteiger partial charge in [0.1, 0.15) is 16.4 Å². The van der Waals surface area contributed by atoms with Gasteiger partial charge in [-0.05, 0) is 30.7 Å². The highest BCUT2D eigenvalue weighted by Crippen LogP contribution is 2.31. The molecule has 0 aliphatic rings. The fourth-order valence-electron chi connectivity index (χ4n) is 1.97. The van der Waals surface area contributed by atoms with E-state index in [0.717, 1.165) is 6.42 Å². The fourth-order valence-corrected chi connectivity index (χ4v) is 3.36. The summed E-state index contributed by atoms with van der Waals surface area (Å²) in [5.74, 6) is 0.532. The molecule has 1 N–H and O–H groups in total. The molecule has 0 radical (unpaired) electrons. The van der Waals surface area contributed by atoms with Crippen LogP contribution in [0.25, 0.3) is 10.9 Å². The lowest BCUT2D eigenvalue weighted by molar-refractivity contribution is 0.320. The highest BCUT2D eigenvalue weighted by molar-refractivity contribution is 7.89. The fraction of sp³-hybridized carbons (Fsp3) is 0.357. The Bertz CT molecular complexity index is 747. The van der Waals surface area contributed by atoms with E-state index in [1.807, 2.05) is 6.92 Å². The van der Waals surface area contributed by atoms with Crippen LogP contribution in [0.3, 0.4) is 0 Å². The lowest BCUT2D eigenvalue weighted by Crippen LogP contribution is -2.23. The summed E-state index contributed by atoms with van der Waals surface area (Å²) in [6.45, 7) is 4.57. The van der Waals surface area contributed by atoms with Gasteiger partial charge in [0.2, 0.25) is 10.0 Å². The number of aromatic nitrogens is 1. The highest BCUT2D eigenvalue weighted by atomic mass is 35.5. The van der Waals surface area contributed by atoms with Crippen LogP contribution in [0.15, 0.2) is 29.2 Å². The number of hydrogen-bond donors (Lipinski definition) is 1. The third kappa shape index (κ3) is 3.45. The predicted molar refractivity (Wildman–Crippen MR) is 83.4 cm³/mol. The molecule has 0 aliphatic heterocycles. The molecule has 114 valence electrons. The minimum Gasteiger partial charge on any atom is -0.491 e. The lowest BCUT2D eigenvalue weighted by Gasteiger charge is -2.12. The Kier molecular flexibility index (Phi) is 5.03. The zero-order valence-corrected chi connectivity index (χ0v) is 13.5. The molecule has 5 nitrogen and oxygen atoms in total. The number of hydrogen-bond acceptors (Lipinski definition) is 4. The van der Waals surface area contributed by atoms with Crippen LogP contribution in [0, 0.1) is 0 Å². The molecule has 1 aromatic carbocycles. The van der Waals surface area contributed by atoms with Crippen LogP contribution < -0.4 is 9.46 Å². The normalized spacial score (nSPS) is 11.8. The maximum absolute atomic E-state index is 12.2. The van der Waals surface area contributed by atoms with Gasteiger partial charge in [0.25, 0.3) is 0 Å². The van der Waals surface area contributed by atoms with Crippen molar-refractivity contribution in [3.8, 4) is 5.75 Å². The van der Waals surface area contributed by atoms with Gasteiger partial charge in [0.15, 0.2) is 0 Å². The molecule has 0 unspecified atom stereocenters. The van der Waals surface area contributed by atoms with Crippen molar-refractivity contribution in [2.45, 2.75) is 25.2 Å². The maximum Gasteiger partial charge on any atom is 0.241 e. The third-order valence-corrected chi connectivity index (χ3v) is 4.65. The lowest BCUT2D eigenvalue weighted by atomic mass is 10.2. The highest BCUT2D eigenvalue weighted by Gasteiger charge is 2.19. The second kappa shape index (κ2) is 6.60. The number of ether oxygens (including phenoxy) is 1. The number of rotatable bonds is 6. The SMILES string of the molecule is CCCOc1ccc(S(=O)(=O)NCC)c2ccc(Cl)nc12. The van der Waals surface area contributed by atoms with E-state index in [1.54, 1.807) is 25.1 Å². The topological polar surface area (TPSA) is 68.3 Å². The van der Waals surface area contributed by atoms with Gasteiger partial charge in [0, 0.05) is 11.9 Å². The minimum absolute atomic E-state index is 0.173. The van der Waals surface area contributed by atoms with Crippen LogP contribution in [-0.4, -0.2) is 26.6 Å². The number of nitrogens with zero attached hydrogens (tertiary/aromatic N) is 1. The van der Waals surface area contributed by atoms with E-state index in [2.05, 4.69) is 9.71 Å². The first-order valence-corrected chi connectivity index (χ1v) is 8.57. The first-order valence-electron chi connectivity index (χ1n) is 6.71. The summed E-state index contributed by atoms with van der Waals surface area (Å²) in [5.41, 5.74) is 0.454. The van der Waals surface area contributed by atoms with Gasteiger partial charge in [0.05, 0.1) is 11.5 Å². The standard InChI is InChI=1S/C14H17ClN2O3S/c1-3-9-20-11-6-7-12(21(18,19)16-4-2)10-5-8-13(15)17-14(10)11/h5-8,16H,3-4,9H2,1-2H3. The molecule has 0 fully saturated rings. The summed E-state index contributed by atoms with van der Waals surface area (Å²) < 4.78 is 32.6. The summed E-state index contributed by atoms with van der Waals surface area (Å²) in [7, 11) is -3.58. The quantitative estimate of drug-likeness (QED) is 0.828. The van der Waals surface area contributed by atoms with E-state index in [0.29, 0.717) is 35.0 Å². The van der Waals surface area contributed by atoms with E-state index in [-0.39, 0.29) is 4.90 Å². The molecule has 21 heavy (non-hydrogen) atoms. The zero-order chi connectivity index (χ0) is 15.5. The molecule has 2 rings (SSSR count). The Balaban J connectivity index is 2.65. The molecule has 1 heterocycles. The second-order valence-electron chi connectivity index (χ2n) is 4.44. The van der Waals surface area contributed by atoms with Crippen LogP contribution in [0.1, 0.15) is 20.3 Å². The van der Waals surface area contributed by atoms with Crippen molar-refractivity contribution in [3.63, 3.8) is 0 Å². The van der Waals surface area contributed by atoms with Gasteiger partial charge in [-0.2, -0.15) is 0 Å². The molecule has 0 saturated carbocycles. The van der Waals surface area contributed by atoms with Crippen molar-refractivity contribution in [1.82, 2.24) is 9.71 Å². The summed E-state index contributed by atoms with van der Waals surface area (Å²) in [6, 6.07) is 6.36. The average Bonchev–Trinajstić information content (AvgIpc) is 2.44. The molecule has 0 saturated heterocycles. The van der Waals surface area contributed by atoms with Crippen molar-refractivity contribution >= 4 is 32.5 Å². The van der Waals surface area contributed by atoms with Gasteiger partial charge >= 0.3 is 0 Å². The summed E-state index contributed by atoms with van der Waals surface area (Å²) in [5, 5.41) is 0.788. The van der Waals surface area contributed by atoms with Crippen LogP contribution in [0.4, 0.5) is 0 Å². The Morgan fingerprint density at radius 1 is 1.24 bits per heavy atom. The summed E-state index contributed by atoms with van der Waals surface area (Å²) >= 11 is 5.92. The Morgan fingerprint density at radius 3 is 2.67 bits per heavy atom. The first kappa shape index (κ1) is 16.0. The number of benzene rings is 1. The molecule has 2 aromatic rings. The van der Waals surface area contributed by atoms with E-state index in [1.165, 1.54) is 6.07 Å². The first-order chi connectivity index (χ1) is 9.99. The van der Waals surface area contributed by atoms with Gasteiger partial charge in [-0.15, -0.1) is 0 Å². The van der Waals surface area contributed by atoms with Crippen molar-refractivity contribution in [1.29, 1.82) is 0 Å². The summed E-state index contributed by atoms with van der Waals surface area (Å²) in [6.07, 6.45) is 0.847. The Labute approximate surface area is 129 Å². The summed E-state index contributed by atoms with van der Waals surface area (Å²) in [4.78, 5) is 4.38. The minimum atomic E-state index is -3.58. The van der Waals surface area contributed by atoms with Gasteiger partial charge in [-0.3, -0.25) is 0 Å². The molecule has 1 aromatic heterocycles. The molecule has 0 amide bonds. The van der Waals surface area contributed by atoms with Crippen LogP contribution >= 0.6 is 11.6 Å². The zero-order valence-electron chi connectivity index (χ0n) is 11.9. The third-order valence-electron chi connectivity index (χ3n) is 2.83. The molecule has 0 bridgehead atoms. The van der Waals surface area contributed by atoms with E-state index in [9.17, 15) is 8.42 Å². The molecule has 0 spiro atoms. The molecule has 0 aliphatic carbocycles. The van der Waals surface area contributed by atoms with E-state index < -0.39 is 10.0 Å². The number of pyridine rings is 1. The average molecular weight is 329 g/mol. The molecular weight excluding hydrogens is 312 g/mol.